The van der Waals surface area contributed by atoms with Crippen LogP contribution >= 0.6 is 11.3 Å². The summed E-state index contributed by atoms with van der Waals surface area (Å²) in [6.45, 7) is 4.89. The summed E-state index contributed by atoms with van der Waals surface area (Å²) in [7, 11) is 1.41. The lowest BCUT2D eigenvalue weighted by Gasteiger charge is -2.30. The van der Waals surface area contributed by atoms with Crippen molar-refractivity contribution in [2.75, 3.05) is 20.2 Å². The normalized spacial score (nSPS) is 16.8. The fourth-order valence-corrected chi connectivity index (χ4v) is 3.75. The van der Waals surface area contributed by atoms with Crippen LogP contribution in [0.15, 0.2) is 12.1 Å². The fraction of sp³-hybridized carbons (Fsp3) is 0.533. The smallest absolute Gasteiger partial charge is 0.348 e. The molecule has 0 bridgehead atoms. The number of ether oxygens (including phenoxy) is 1. The maximum Gasteiger partial charge on any atom is 0.348 e. The lowest BCUT2D eigenvalue weighted by Crippen LogP contribution is -2.32. The van der Waals surface area contributed by atoms with Crippen LogP contribution in [0.5, 0.6) is 0 Å². The van der Waals surface area contributed by atoms with Crippen molar-refractivity contribution in [3.05, 3.63) is 33.5 Å². The molecule has 1 fully saturated rings. The second-order valence-corrected chi connectivity index (χ2v) is 6.76. The van der Waals surface area contributed by atoms with E-state index in [1.807, 2.05) is 19.1 Å². The van der Waals surface area contributed by atoms with E-state index in [0.29, 0.717) is 10.8 Å². The van der Waals surface area contributed by atoms with Crippen LogP contribution in [0.3, 0.4) is 0 Å². The number of aryl methyl sites for hydroxylation is 1. The van der Waals surface area contributed by atoms with Gasteiger partial charge < -0.3 is 4.74 Å². The topological polar surface area (TPSA) is 71.1 Å². The molecule has 0 atom stereocenters. The molecular formula is C15H20N4O2S. The molecule has 22 heavy (non-hydrogen) atoms. The number of aromatic nitrogens is 3. The van der Waals surface area contributed by atoms with Gasteiger partial charge in [-0.1, -0.05) is 0 Å². The molecule has 1 aliphatic heterocycles. The third kappa shape index (κ3) is 3.36. The fourth-order valence-electron chi connectivity index (χ4n) is 2.79. The van der Waals surface area contributed by atoms with Gasteiger partial charge in [-0.15, -0.1) is 11.3 Å². The Bertz CT molecular complexity index is 644. The third-order valence-electron chi connectivity index (χ3n) is 3.99. The van der Waals surface area contributed by atoms with Gasteiger partial charge in [-0.25, -0.2) is 9.78 Å². The van der Waals surface area contributed by atoms with E-state index in [0.717, 1.165) is 44.1 Å². The van der Waals surface area contributed by atoms with Gasteiger partial charge in [-0.05, 0) is 45.0 Å². The Kier molecular flexibility index (Phi) is 4.54. The van der Waals surface area contributed by atoms with Crippen molar-refractivity contribution in [2.24, 2.45) is 0 Å². The molecule has 3 heterocycles. The molecule has 0 spiro atoms. The number of nitrogens with zero attached hydrogens (tertiary/aromatic N) is 3. The molecule has 0 aliphatic carbocycles. The third-order valence-corrected chi connectivity index (χ3v) is 5.04. The van der Waals surface area contributed by atoms with Crippen LogP contribution in [0.2, 0.25) is 0 Å². The van der Waals surface area contributed by atoms with Gasteiger partial charge in [0.25, 0.3) is 0 Å². The molecule has 7 heteroatoms. The number of thiophene rings is 1. The molecule has 6 nitrogen and oxygen atoms in total. The van der Waals surface area contributed by atoms with Crippen LogP contribution in [0.25, 0.3) is 0 Å². The minimum atomic E-state index is -0.255. The number of rotatable bonds is 4. The van der Waals surface area contributed by atoms with Gasteiger partial charge in [0.15, 0.2) is 5.82 Å². The standard InChI is InChI=1S/C15H20N4O2S/c1-10-16-14(18-17-10)11-5-7-19(8-6-11)9-12-3-4-13(22-12)15(20)21-2/h3-4,11H,5-9H2,1-2H3,(H,16,17,18). The highest BCUT2D eigenvalue weighted by atomic mass is 32.1. The van der Waals surface area contributed by atoms with Crippen LogP contribution in [-0.2, 0) is 11.3 Å². The zero-order valence-electron chi connectivity index (χ0n) is 12.8. The number of carbonyl (C=O) groups is 1. The van der Waals surface area contributed by atoms with Gasteiger partial charge in [0.1, 0.15) is 10.7 Å². The number of likely N-dealkylation sites (tertiary alicyclic amines) is 1. The Balaban J connectivity index is 1.53. The summed E-state index contributed by atoms with van der Waals surface area (Å²) in [5.41, 5.74) is 0. The van der Waals surface area contributed by atoms with Gasteiger partial charge in [0, 0.05) is 17.3 Å². The number of hydrogen-bond donors (Lipinski definition) is 1. The second-order valence-electron chi connectivity index (χ2n) is 5.59. The number of hydrogen-bond acceptors (Lipinski definition) is 6. The molecule has 0 unspecified atom stereocenters. The van der Waals surface area contributed by atoms with E-state index in [1.165, 1.54) is 23.3 Å². The number of esters is 1. The van der Waals surface area contributed by atoms with E-state index in [4.69, 9.17) is 4.74 Å². The summed E-state index contributed by atoms with van der Waals surface area (Å²) >= 11 is 1.51. The van der Waals surface area contributed by atoms with Crippen molar-refractivity contribution in [3.8, 4) is 0 Å². The van der Waals surface area contributed by atoms with Gasteiger partial charge >= 0.3 is 5.97 Å². The van der Waals surface area contributed by atoms with E-state index in [-0.39, 0.29) is 5.97 Å². The van der Waals surface area contributed by atoms with Crippen molar-refractivity contribution in [3.63, 3.8) is 0 Å². The van der Waals surface area contributed by atoms with Gasteiger partial charge in [0.2, 0.25) is 0 Å². The van der Waals surface area contributed by atoms with Crippen LogP contribution < -0.4 is 0 Å². The highest BCUT2D eigenvalue weighted by molar-refractivity contribution is 7.13. The van der Waals surface area contributed by atoms with E-state index in [1.54, 1.807) is 0 Å². The van der Waals surface area contributed by atoms with Crippen LogP contribution in [0.1, 0.15) is 45.0 Å². The Morgan fingerprint density at radius 2 is 2.23 bits per heavy atom. The number of aromatic amines is 1. The second kappa shape index (κ2) is 6.58. The molecule has 1 aliphatic rings. The Morgan fingerprint density at radius 1 is 1.45 bits per heavy atom. The summed E-state index contributed by atoms with van der Waals surface area (Å²) < 4.78 is 4.75. The number of methoxy groups -OCH3 is 1. The Morgan fingerprint density at radius 3 is 2.86 bits per heavy atom. The predicted molar refractivity (Wildman–Crippen MR) is 84.0 cm³/mol. The number of carbonyl (C=O) groups excluding carboxylic acids is 1. The largest absolute Gasteiger partial charge is 0.465 e. The van der Waals surface area contributed by atoms with E-state index < -0.39 is 0 Å². The SMILES string of the molecule is COC(=O)c1ccc(CN2CCC(c3n[nH]c(C)n3)CC2)s1. The highest BCUT2D eigenvalue weighted by Gasteiger charge is 2.24. The summed E-state index contributed by atoms with van der Waals surface area (Å²) in [6.07, 6.45) is 2.15. The lowest BCUT2D eigenvalue weighted by atomic mass is 9.96. The quantitative estimate of drug-likeness (QED) is 0.876. The van der Waals surface area contributed by atoms with Crippen molar-refractivity contribution in [2.45, 2.75) is 32.2 Å². The minimum Gasteiger partial charge on any atom is -0.465 e. The van der Waals surface area contributed by atoms with E-state index in [9.17, 15) is 4.79 Å². The molecule has 3 rings (SSSR count). The van der Waals surface area contributed by atoms with Gasteiger partial charge in [-0.2, -0.15) is 5.10 Å². The zero-order valence-corrected chi connectivity index (χ0v) is 13.7. The molecule has 2 aromatic heterocycles. The molecule has 2 aromatic rings. The summed E-state index contributed by atoms with van der Waals surface area (Å²) in [6, 6.07) is 3.86. The highest BCUT2D eigenvalue weighted by Crippen LogP contribution is 2.27. The summed E-state index contributed by atoms with van der Waals surface area (Å²) in [4.78, 5) is 20.2. The molecule has 0 saturated carbocycles. The lowest BCUT2D eigenvalue weighted by molar-refractivity contribution is 0.0606. The van der Waals surface area contributed by atoms with Crippen molar-refractivity contribution < 1.29 is 9.53 Å². The average molecular weight is 320 g/mol. The van der Waals surface area contributed by atoms with Gasteiger partial charge in [-0.3, -0.25) is 10.00 Å². The molecule has 118 valence electrons. The van der Waals surface area contributed by atoms with E-state index in [2.05, 4.69) is 20.1 Å². The Hall–Kier alpha value is -1.73. The summed E-state index contributed by atoms with van der Waals surface area (Å²) in [5.74, 6) is 2.03. The molecule has 0 amide bonds. The molecule has 0 aromatic carbocycles. The van der Waals surface area contributed by atoms with Crippen LogP contribution in [0.4, 0.5) is 0 Å². The number of piperidine rings is 1. The monoisotopic (exact) mass is 320 g/mol. The first-order chi connectivity index (χ1) is 10.7. The predicted octanol–water partition coefficient (Wildman–Crippen LogP) is 2.34. The maximum atomic E-state index is 11.5. The Labute approximate surface area is 133 Å². The minimum absolute atomic E-state index is 0.255. The molecule has 0 radical (unpaired) electrons. The van der Waals surface area contributed by atoms with Crippen LogP contribution in [0, 0.1) is 6.92 Å². The zero-order chi connectivity index (χ0) is 15.5. The molecule has 1 N–H and O–H groups in total. The summed E-state index contributed by atoms with van der Waals surface area (Å²) in [5, 5.41) is 7.20. The van der Waals surface area contributed by atoms with Crippen molar-refractivity contribution in [1.29, 1.82) is 0 Å². The first-order valence-electron chi connectivity index (χ1n) is 7.44. The van der Waals surface area contributed by atoms with Crippen molar-refractivity contribution in [1.82, 2.24) is 20.1 Å². The maximum absolute atomic E-state index is 11.5. The first-order valence-corrected chi connectivity index (χ1v) is 8.25. The van der Waals surface area contributed by atoms with E-state index >= 15 is 0 Å². The van der Waals surface area contributed by atoms with Crippen molar-refractivity contribution >= 4 is 17.3 Å². The number of nitrogens with one attached hydrogen (secondary N) is 1. The molecule has 1 saturated heterocycles. The molecular weight excluding hydrogens is 300 g/mol. The average Bonchev–Trinajstić information content (AvgIpc) is 3.16. The van der Waals surface area contributed by atoms with Crippen LogP contribution in [-0.4, -0.2) is 46.2 Å². The number of H-pyrrole nitrogens is 1. The van der Waals surface area contributed by atoms with Gasteiger partial charge in [0.05, 0.1) is 7.11 Å². The first kappa shape index (κ1) is 15.2.